The molecule has 0 aromatic heterocycles. The SMILES string of the molecule is Cc1ccccc1N(CN1C(=O)c2ccccc2C1=O)C(=O)c1ccc(Br)c([N+](=O)[O-])c1. The minimum absolute atomic E-state index is 0.0553. The van der Waals surface area contributed by atoms with Crippen LogP contribution in [0.4, 0.5) is 11.4 Å². The summed E-state index contributed by atoms with van der Waals surface area (Å²) in [7, 11) is 0. The number of rotatable bonds is 5. The Labute approximate surface area is 191 Å². The molecule has 1 heterocycles. The third-order valence-electron chi connectivity index (χ3n) is 5.20. The number of carbonyl (C=O) groups is 3. The van der Waals surface area contributed by atoms with E-state index in [1.165, 1.54) is 23.1 Å². The van der Waals surface area contributed by atoms with Gasteiger partial charge in [-0.1, -0.05) is 30.3 Å². The number of hydrogen-bond donors (Lipinski definition) is 0. The minimum Gasteiger partial charge on any atom is -0.289 e. The number of amides is 3. The van der Waals surface area contributed by atoms with Crippen LogP contribution in [-0.4, -0.2) is 34.2 Å². The molecule has 160 valence electrons. The Kier molecular flexibility index (Phi) is 5.58. The summed E-state index contributed by atoms with van der Waals surface area (Å²) >= 11 is 3.11. The lowest BCUT2D eigenvalue weighted by Crippen LogP contribution is -2.44. The van der Waals surface area contributed by atoms with E-state index in [0.29, 0.717) is 5.69 Å². The fourth-order valence-corrected chi connectivity index (χ4v) is 3.96. The van der Waals surface area contributed by atoms with Crippen molar-refractivity contribution in [2.45, 2.75) is 6.92 Å². The lowest BCUT2D eigenvalue weighted by Gasteiger charge is -2.28. The van der Waals surface area contributed by atoms with Crippen LogP contribution < -0.4 is 4.90 Å². The Hall–Kier alpha value is -3.85. The molecule has 0 fully saturated rings. The Morgan fingerprint density at radius 2 is 1.59 bits per heavy atom. The zero-order valence-corrected chi connectivity index (χ0v) is 18.4. The van der Waals surface area contributed by atoms with Gasteiger partial charge in [-0.2, -0.15) is 0 Å². The monoisotopic (exact) mass is 493 g/mol. The van der Waals surface area contributed by atoms with Crippen LogP contribution in [-0.2, 0) is 0 Å². The standard InChI is InChI=1S/C23H16BrN3O5/c1-14-6-2-5-9-19(14)25(21(28)15-10-11-18(24)20(12-15)27(31)32)13-26-22(29)16-7-3-4-8-17(16)23(26)30/h2-12H,13H2,1H3. The maximum atomic E-state index is 13.5. The zero-order chi connectivity index (χ0) is 23.0. The Morgan fingerprint density at radius 3 is 2.19 bits per heavy atom. The number of nitrogens with zero attached hydrogens (tertiary/aromatic N) is 3. The van der Waals surface area contributed by atoms with Crippen LogP contribution in [0.3, 0.4) is 0 Å². The number of imide groups is 1. The maximum Gasteiger partial charge on any atom is 0.284 e. The van der Waals surface area contributed by atoms with Gasteiger partial charge in [-0.05, 0) is 58.7 Å². The molecule has 0 N–H and O–H groups in total. The number of nitro benzene ring substituents is 1. The molecule has 0 aliphatic carbocycles. The number of carbonyl (C=O) groups excluding carboxylic acids is 3. The Balaban J connectivity index is 1.76. The fraction of sp³-hybridized carbons (Fsp3) is 0.0870. The smallest absolute Gasteiger partial charge is 0.284 e. The molecule has 3 amide bonds. The number of benzene rings is 3. The van der Waals surface area contributed by atoms with Crippen molar-refractivity contribution >= 4 is 45.0 Å². The summed E-state index contributed by atoms with van der Waals surface area (Å²) < 4.78 is 0.238. The highest BCUT2D eigenvalue weighted by atomic mass is 79.9. The highest BCUT2D eigenvalue weighted by Gasteiger charge is 2.37. The van der Waals surface area contributed by atoms with Crippen molar-refractivity contribution in [3.63, 3.8) is 0 Å². The van der Waals surface area contributed by atoms with Crippen LogP contribution in [0.5, 0.6) is 0 Å². The molecule has 9 heteroatoms. The van der Waals surface area contributed by atoms with Crippen LogP contribution in [0.1, 0.15) is 36.6 Å². The second-order valence-corrected chi connectivity index (χ2v) is 8.02. The van der Waals surface area contributed by atoms with Gasteiger partial charge in [-0.15, -0.1) is 0 Å². The van der Waals surface area contributed by atoms with E-state index in [-0.39, 0.29) is 33.5 Å². The van der Waals surface area contributed by atoms with E-state index in [1.807, 2.05) is 0 Å². The second kappa shape index (κ2) is 8.35. The van der Waals surface area contributed by atoms with Crippen molar-refractivity contribution in [3.05, 3.63) is 104 Å². The summed E-state index contributed by atoms with van der Waals surface area (Å²) in [6.45, 7) is 1.46. The molecule has 3 aromatic rings. The van der Waals surface area contributed by atoms with Crippen LogP contribution >= 0.6 is 15.9 Å². The van der Waals surface area contributed by atoms with Gasteiger partial charge in [-0.25, -0.2) is 0 Å². The quantitative estimate of drug-likeness (QED) is 0.294. The predicted octanol–water partition coefficient (Wildman–Crippen LogP) is 4.57. The first-order chi connectivity index (χ1) is 15.3. The average Bonchev–Trinajstić information content (AvgIpc) is 3.02. The molecule has 0 radical (unpaired) electrons. The van der Waals surface area contributed by atoms with Gasteiger partial charge in [0.15, 0.2) is 0 Å². The molecular weight excluding hydrogens is 478 g/mol. The molecule has 0 saturated heterocycles. The number of fused-ring (bicyclic) bond motifs is 1. The summed E-state index contributed by atoms with van der Waals surface area (Å²) in [5.41, 5.74) is 1.56. The van der Waals surface area contributed by atoms with Crippen LogP contribution in [0, 0.1) is 17.0 Å². The number of halogens is 1. The molecule has 0 unspecified atom stereocenters. The van der Waals surface area contributed by atoms with Gasteiger partial charge < -0.3 is 0 Å². The molecule has 4 rings (SSSR count). The van der Waals surface area contributed by atoms with Crippen molar-refractivity contribution in [2.75, 3.05) is 11.6 Å². The first-order valence-electron chi connectivity index (χ1n) is 9.56. The molecule has 1 aliphatic rings. The lowest BCUT2D eigenvalue weighted by molar-refractivity contribution is -0.385. The molecule has 0 saturated carbocycles. The number of para-hydroxylation sites is 1. The summed E-state index contributed by atoms with van der Waals surface area (Å²) in [5.74, 6) is -1.58. The van der Waals surface area contributed by atoms with Gasteiger partial charge in [-0.3, -0.25) is 34.3 Å². The van der Waals surface area contributed by atoms with Gasteiger partial charge in [0.05, 0.1) is 20.5 Å². The van der Waals surface area contributed by atoms with Gasteiger partial charge in [0.25, 0.3) is 23.4 Å². The molecule has 1 aliphatic heterocycles. The molecule has 0 atom stereocenters. The van der Waals surface area contributed by atoms with Crippen LogP contribution in [0.2, 0.25) is 0 Å². The van der Waals surface area contributed by atoms with Crippen molar-refractivity contribution in [1.82, 2.24) is 4.90 Å². The molecular formula is C23H16BrN3O5. The predicted molar refractivity (Wildman–Crippen MR) is 121 cm³/mol. The van der Waals surface area contributed by atoms with Crippen molar-refractivity contribution in [3.8, 4) is 0 Å². The summed E-state index contributed by atoms with van der Waals surface area (Å²) in [6, 6.07) is 17.5. The first kappa shape index (κ1) is 21.4. The Bertz CT molecular complexity index is 1260. The number of hydrogen-bond acceptors (Lipinski definition) is 5. The third kappa shape index (κ3) is 3.67. The summed E-state index contributed by atoms with van der Waals surface area (Å²) in [6.07, 6.45) is 0. The molecule has 3 aromatic carbocycles. The summed E-state index contributed by atoms with van der Waals surface area (Å²) in [5, 5.41) is 11.3. The van der Waals surface area contributed by atoms with Crippen LogP contribution in [0.15, 0.2) is 71.2 Å². The number of anilines is 1. The van der Waals surface area contributed by atoms with Crippen molar-refractivity contribution in [1.29, 1.82) is 0 Å². The summed E-state index contributed by atoms with van der Waals surface area (Å²) in [4.78, 5) is 52.3. The minimum atomic E-state index is -0.594. The number of nitro groups is 1. The zero-order valence-electron chi connectivity index (χ0n) is 16.8. The van der Waals surface area contributed by atoms with E-state index in [0.717, 1.165) is 10.5 Å². The molecule has 32 heavy (non-hydrogen) atoms. The molecule has 0 spiro atoms. The highest BCUT2D eigenvalue weighted by Crippen LogP contribution is 2.30. The van der Waals surface area contributed by atoms with E-state index >= 15 is 0 Å². The molecule has 8 nitrogen and oxygen atoms in total. The third-order valence-corrected chi connectivity index (χ3v) is 5.87. The van der Waals surface area contributed by atoms with Gasteiger partial charge >= 0.3 is 0 Å². The second-order valence-electron chi connectivity index (χ2n) is 7.17. The largest absolute Gasteiger partial charge is 0.289 e. The van der Waals surface area contributed by atoms with Gasteiger partial charge in [0.2, 0.25) is 0 Å². The van der Waals surface area contributed by atoms with E-state index in [2.05, 4.69) is 15.9 Å². The van der Waals surface area contributed by atoms with Crippen molar-refractivity contribution < 1.29 is 19.3 Å². The van der Waals surface area contributed by atoms with Gasteiger partial charge in [0.1, 0.15) is 6.67 Å². The van der Waals surface area contributed by atoms with E-state index in [1.54, 1.807) is 55.5 Å². The molecule has 0 bridgehead atoms. The van der Waals surface area contributed by atoms with E-state index in [4.69, 9.17) is 0 Å². The van der Waals surface area contributed by atoms with Crippen LogP contribution in [0.25, 0.3) is 0 Å². The van der Waals surface area contributed by atoms with Gasteiger partial charge in [0, 0.05) is 17.3 Å². The fourth-order valence-electron chi connectivity index (χ4n) is 3.57. The number of aryl methyl sites for hydroxylation is 1. The highest BCUT2D eigenvalue weighted by molar-refractivity contribution is 9.10. The first-order valence-corrected chi connectivity index (χ1v) is 10.4. The maximum absolute atomic E-state index is 13.5. The van der Waals surface area contributed by atoms with E-state index in [9.17, 15) is 24.5 Å². The normalized spacial score (nSPS) is 12.6. The lowest BCUT2D eigenvalue weighted by atomic mass is 10.1. The van der Waals surface area contributed by atoms with Crippen molar-refractivity contribution in [2.24, 2.45) is 0 Å². The average molecular weight is 494 g/mol. The topological polar surface area (TPSA) is 101 Å². The van der Waals surface area contributed by atoms with E-state index < -0.39 is 22.6 Å². The Morgan fingerprint density at radius 1 is 1.00 bits per heavy atom.